The summed E-state index contributed by atoms with van der Waals surface area (Å²) >= 11 is 12.3. The number of halogens is 2. The van der Waals surface area contributed by atoms with E-state index >= 15 is 0 Å². The van der Waals surface area contributed by atoms with Crippen molar-refractivity contribution in [3.63, 3.8) is 0 Å². The number of benzene rings is 2. The third-order valence-electron chi connectivity index (χ3n) is 3.74. The number of hydrogen-bond donors (Lipinski definition) is 1. The van der Waals surface area contributed by atoms with Crippen LogP contribution in [0.5, 0.6) is 5.75 Å². The minimum atomic E-state index is -3.73. The van der Waals surface area contributed by atoms with Crippen molar-refractivity contribution < 1.29 is 23.3 Å². The molecule has 2 aromatic rings. The number of nitro groups is 1. The van der Waals surface area contributed by atoms with E-state index in [2.05, 4.69) is 5.32 Å². The maximum atomic E-state index is 13.2. The van der Waals surface area contributed by atoms with Gasteiger partial charge in [-0.3, -0.25) is 14.7 Å². The Kier molecular flexibility index (Phi) is 7.08. The zero-order chi connectivity index (χ0) is 20.2. The van der Waals surface area contributed by atoms with Crippen LogP contribution in [0.4, 0.5) is 11.4 Å². The number of anilines is 1. The molecule has 0 aromatic heterocycles. The van der Waals surface area contributed by atoms with Crippen molar-refractivity contribution in [3.8, 4) is 5.75 Å². The predicted molar refractivity (Wildman–Crippen MR) is 104 cm³/mol. The van der Waals surface area contributed by atoms with E-state index in [1.807, 2.05) is 0 Å². The molecular weight excluding hydrogens is 418 g/mol. The van der Waals surface area contributed by atoms with Crippen molar-refractivity contribution in [2.75, 3.05) is 26.6 Å². The first-order chi connectivity index (χ1) is 12.8. The Bertz CT molecular complexity index is 870. The summed E-state index contributed by atoms with van der Waals surface area (Å²) in [4.78, 5) is 10.3. The van der Waals surface area contributed by atoms with Crippen molar-refractivity contribution >= 4 is 42.2 Å². The average molecular weight is 435 g/mol. The van der Waals surface area contributed by atoms with E-state index < -0.39 is 18.3 Å². The molecule has 8 nitrogen and oxygen atoms in total. The maximum absolute atomic E-state index is 13.2. The molecule has 0 saturated carbocycles. The van der Waals surface area contributed by atoms with Gasteiger partial charge in [-0.15, -0.1) is 0 Å². The van der Waals surface area contributed by atoms with Crippen LogP contribution in [0.3, 0.4) is 0 Å². The van der Waals surface area contributed by atoms with E-state index in [1.165, 1.54) is 57.7 Å². The van der Waals surface area contributed by atoms with Gasteiger partial charge in [0, 0.05) is 42.6 Å². The quantitative estimate of drug-likeness (QED) is 0.332. The van der Waals surface area contributed by atoms with Gasteiger partial charge in [-0.25, -0.2) is 0 Å². The first-order valence-electron chi connectivity index (χ1n) is 7.50. The fraction of sp³-hybridized carbons (Fsp3) is 0.250. The fourth-order valence-corrected chi connectivity index (χ4v) is 4.45. The van der Waals surface area contributed by atoms with Crippen molar-refractivity contribution in [2.24, 2.45) is 0 Å². The van der Waals surface area contributed by atoms with Gasteiger partial charge in [0.1, 0.15) is 5.75 Å². The van der Waals surface area contributed by atoms with Gasteiger partial charge in [-0.2, -0.15) is 0 Å². The molecule has 11 heteroatoms. The second-order valence-corrected chi connectivity index (χ2v) is 8.44. The minimum absolute atomic E-state index is 0.0813. The molecule has 0 amide bonds. The molecule has 0 bridgehead atoms. The summed E-state index contributed by atoms with van der Waals surface area (Å²) in [6, 6.07) is 8.58. The first-order valence-corrected chi connectivity index (χ1v) is 9.87. The third-order valence-corrected chi connectivity index (χ3v) is 6.30. The summed E-state index contributed by atoms with van der Waals surface area (Å²) in [5.41, 5.74) is 0.709. The molecule has 0 fully saturated rings. The van der Waals surface area contributed by atoms with Crippen molar-refractivity contribution in [1.29, 1.82) is 0 Å². The van der Waals surface area contributed by atoms with Crippen LogP contribution < -0.4 is 10.1 Å². The average Bonchev–Trinajstić information content (AvgIpc) is 2.65. The highest BCUT2D eigenvalue weighted by atomic mass is 35.5. The van der Waals surface area contributed by atoms with Gasteiger partial charge in [-0.1, -0.05) is 23.2 Å². The number of hydrogen-bond acceptors (Lipinski definition) is 7. The summed E-state index contributed by atoms with van der Waals surface area (Å²) in [5, 5.41) is 14.3. The summed E-state index contributed by atoms with van der Waals surface area (Å²) in [6.45, 7) is 0. The van der Waals surface area contributed by atoms with Gasteiger partial charge in [0.2, 0.25) is 0 Å². The van der Waals surface area contributed by atoms with E-state index in [1.54, 1.807) is 0 Å². The largest absolute Gasteiger partial charge is 0.495 e. The molecule has 2 aromatic carbocycles. The topological polar surface area (TPSA) is 99.9 Å². The van der Waals surface area contributed by atoms with Gasteiger partial charge < -0.3 is 19.1 Å². The SMILES string of the molecule is COc1c(Cl)cc(Cl)cc1[C@@H](Nc1ccc([N+](=O)[O-])cc1)P(=O)(OC)OC. The molecular formula is C16H17Cl2N2O6P. The Labute approximate surface area is 166 Å². The Morgan fingerprint density at radius 3 is 2.19 bits per heavy atom. The van der Waals surface area contributed by atoms with E-state index in [0.717, 1.165) is 0 Å². The van der Waals surface area contributed by atoms with Crippen LogP contribution in [0.15, 0.2) is 36.4 Å². The Morgan fingerprint density at radius 2 is 1.70 bits per heavy atom. The molecule has 27 heavy (non-hydrogen) atoms. The fourth-order valence-electron chi connectivity index (χ4n) is 2.45. The van der Waals surface area contributed by atoms with Crippen LogP contribution in [0.25, 0.3) is 0 Å². The van der Waals surface area contributed by atoms with Crippen molar-refractivity contribution in [2.45, 2.75) is 5.78 Å². The van der Waals surface area contributed by atoms with Gasteiger partial charge >= 0.3 is 7.60 Å². The van der Waals surface area contributed by atoms with E-state index in [9.17, 15) is 14.7 Å². The van der Waals surface area contributed by atoms with Crippen LogP contribution >= 0.6 is 30.8 Å². The summed E-state index contributed by atoms with van der Waals surface area (Å²) in [7, 11) is 0.164. The second kappa shape index (κ2) is 8.91. The minimum Gasteiger partial charge on any atom is -0.495 e. The smallest absolute Gasteiger partial charge is 0.356 e. The second-order valence-electron chi connectivity index (χ2n) is 5.27. The molecule has 0 heterocycles. The Balaban J connectivity index is 2.57. The highest BCUT2D eigenvalue weighted by Gasteiger charge is 2.38. The molecule has 0 unspecified atom stereocenters. The lowest BCUT2D eigenvalue weighted by molar-refractivity contribution is -0.384. The first kappa shape index (κ1) is 21.5. The normalized spacial score (nSPS) is 12.5. The van der Waals surface area contributed by atoms with Crippen LogP contribution in [0.1, 0.15) is 11.3 Å². The van der Waals surface area contributed by atoms with Gasteiger partial charge in [0.05, 0.1) is 17.1 Å². The lowest BCUT2D eigenvalue weighted by atomic mass is 10.2. The number of ether oxygens (including phenoxy) is 1. The summed E-state index contributed by atoms with van der Waals surface area (Å²) in [6.07, 6.45) is 0. The molecule has 0 aliphatic rings. The molecule has 0 spiro atoms. The molecule has 146 valence electrons. The monoisotopic (exact) mass is 434 g/mol. The predicted octanol–water partition coefficient (Wildman–Crippen LogP) is 5.51. The number of nitrogens with zero attached hydrogens (tertiary/aromatic N) is 1. The van der Waals surface area contributed by atoms with Gasteiger partial charge in [0.25, 0.3) is 5.69 Å². The highest BCUT2D eigenvalue weighted by Crippen LogP contribution is 2.61. The number of nitro benzene ring substituents is 1. The molecule has 1 N–H and O–H groups in total. The zero-order valence-corrected chi connectivity index (χ0v) is 17.0. The molecule has 0 aliphatic carbocycles. The third kappa shape index (κ3) is 4.72. The Hall–Kier alpha value is -1.83. The number of non-ortho nitro benzene ring substituents is 1. The van der Waals surface area contributed by atoms with Crippen LogP contribution in [0, 0.1) is 10.1 Å². The molecule has 0 aliphatic heterocycles. The summed E-state index contributed by atoms with van der Waals surface area (Å²) < 4.78 is 28.8. The number of rotatable bonds is 8. The van der Waals surface area contributed by atoms with E-state index in [4.69, 9.17) is 37.0 Å². The highest BCUT2D eigenvalue weighted by molar-refractivity contribution is 7.54. The Morgan fingerprint density at radius 1 is 1.11 bits per heavy atom. The number of nitrogens with one attached hydrogen (secondary N) is 1. The van der Waals surface area contributed by atoms with Crippen molar-refractivity contribution in [1.82, 2.24) is 0 Å². The standard InChI is InChI=1S/C16H17Cl2N2O6P/c1-24-15-13(8-10(17)9-14(15)18)16(27(23,25-2)26-3)19-11-4-6-12(7-5-11)20(21)22/h4-9,16,19H,1-3H3/t16-/m0/s1. The van der Waals surface area contributed by atoms with Gasteiger partial charge in [0.15, 0.2) is 5.78 Å². The van der Waals surface area contributed by atoms with Crippen LogP contribution in [-0.4, -0.2) is 26.3 Å². The van der Waals surface area contributed by atoms with Crippen molar-refractivity contribution in [3.05, 3.63) is 62.1 Å². The van der Waals surface area contributed by atoms with Crippen LogP contribution in [0.2, 0.25) is 10.0 Å². The van der Waals surface area contributed by atoms with Crippen LogP contribution in [-0.2, 0) is 13.6 Å². The van der Waals surface area contributed by atoms with Gasteiger partial charge in [-0.05, 0) is 24.3 Å². The lowest BCUT2D eigenvalue weighted by Crippen LogP contribution is -2.15. The lowest BCUT2D eigenvalue weighted by Gasteiger charge is -2.28. The van der Waals surface area contributed by atoms with E-state index in [0.29, 0.717) is 16.3 Å². The molecule has 0 saturated heterocycles. The number of methoxy groups -OCH3 is 1. The maximum Gasteiger partial charge on any atom is 0.356 e. The zero-order valence-electron chi connectivity index (χ0n) is 14.6. The molecule has 1 atom stereocenters. The van der Waals surface area contributed by atoms with E-state index in [-0.39, 0.29) is 16.5 Å². The summed E-state index contributed by atoms with van der Waals surface area (Å²) in [5.74, 6) is -0.796. The molecule has 2 rings (SSSR count). The molecule has 0 radical (unpaired) electrons.